The fourth-order valence-corrected chi connectivity index (χ4v) is 1.19. The molecule has 0 aliphatic heterocycles. The Kier molecular flexibility index (Phi) is 5.45. The monoisotopic (exact) mass is 227 g/mol. The van der Waals surface area contributed by atoms with Gasteiger partial charge in [-0.05, 0) is 12.1 Å². The number of benzene rings is 1. The molecule has 0 unspecified atom stereocenters. The average molecular weight is 227 g/mol. The lowest BCUT2D eigenvalue weighted by atomic mass is 10.3. The number of ether oxygens (including phenoxy) is 3. The number of nitrogen functional groups attached to an aromatic ring is 1. The van der Waals surface area contributed by atoms with Crippen LogP contribution in [0.15, 0.2) is 18.2 Å². The molecule has 0 saturated heterocycles. The van der Waals surface area contributed by atoms with Gasteiger partial charge < -0.3 is 25.1 Å². The highest BCUT2D eigenvalue weighted by molar-refractivity contribution is 5.56. The Morgan fingerprint density at radius 2 is 2.06 bits per heavy atom. The molecule has 0 bridgehead atoms. The van der Waals surface area contributed by atoms with E-state index >= 15 is 0 Å². The zero-order valence-corrected chi connectivity index (χ0v) is 9.31. The molecule has 16 heavy (non-hydrogen) atoms. The van der Waals surface area contributed by atoms with E-state index < -0.39 is 0 Å². The summed E-state index contributed by atoms with van der Waals surface area (Å²) >= 11 is 0. The van der Waals surface area contributed by atoms with Gasteiger partial charge >= 0.3 is 0 Å². The molecule has 5 nitrogen and oxygen atoms in total. The second-order valence-electron chi connectivity index (χ2n) is 3.09. The second-order valence-corrected chi connectivity index (χ2v) is 3.09. The minimum Gasteiger partial charge on any atom is -0.495 e. The number of anilines is 1. The van der Waals surface area contributed by atoms with E-state index in [2.05, 4.69) is 0 Å². The SMILES string of the molecule is COc1ccc(OCCOCCO)cc1N. The Morgan fingerprint density at radius 1 is 1.25 bits per heavy atom. The zero-order valence-electron chi connectivity index (χ0n) is 9.31. The van der Waals surface area contributed by atoms with Crippen LogP contribution >= 0.6 is 0 Å². The molecule has 0 fully saturated rings. The maximum absolute atomic E-state index is 8.48. The molecule has 0 saturated carbocycles. The molecule has 0 aromatic heterocycles. The van der Waals surface area contributed by atoms with Gasteiger partial charge in [-0.25, -0.2) is 0 Å². The van der Waals surface area contributed by atoms with Crippen molar-refractivity contribution in [3.05, 3.63) is 18.2 Å². The van der Waals surface area contributed by atoms with Crippen LogP contribution in [0.4, 0.5) is 5.69 Å². The minimum absolute atomic E-state index is 0.0233. The summed E-state index contributed by atoms with van der Waals surface area (Å²) in [6.45, 7) is 1.21. The molecule has 0 aliphatic carbocycles. The summed E-state index contributed by atoms with van der Waals surface area (Å²) in [7, 11) is 1.56. The summed E-state index contributed by atoms with van der Waals surface area (Å²) in [4.78, 5) is 0. The molecular weight excluding hydrogens is 210 g/mol. The van der Waals surface area contributed by atoms with E-state index in [9.17, 15) is 0 Å². The van der Waals surface area contributed by atoms with Gasteiger partial charge in [0.1, 0.15) is 18.1 Å². The molecular formula is C11H17NO4. The molecule has 0 aliphatic rings. The molecule has 0 heterocycles. The zero-order chi connectivity index (χ0) is 11.8. The van der Waals surface area contributed by atoms with E-state index in [4.69, 9.17) is 25.1 Å². The fraction of sp³-hybridized carbons (Fsp3) is 0.455. The van der Waals surface area contributed by atoms with Gasteiger partial charge in [-0.1, -0.05) is 0 Å². The Balaban J connectivity index is 2.34. The highest BCUT2D eigenvalue weighted by Crippen LogP contribution is 2.25. The van der Waals surface area contributed by atoms with Crippen LogP contribution in [0.2, 0.25) is 0 Å². The van der Waals surface area contributed by atoms with Crippen LogP contribution in [0, 0.1) is 0 Å². The van der Waals surface area contributed by atoms with E-state index in [0.717, 1.165) is 0 Å². The van der Waals surface area contributed by atoms with Crippen molar-refractivity contribution >= 4 is 5.69 Å². The van der Waals surface area contributed by atoms with Gasteiger partial charge in [-0.15, -0.1) is 0 Å². The van der Waals surface area contributed by atoms with Crippen molar-refractivity contribution in [2.24, 2.45) is 0 Å². The molecule has 1 rings (SSSR count). The lowest BCUT2D eigenvalue weighted by Crippen LogP contribution is -2.09. The van der Waals surface area contributed by atoms with Crippen molar-refractivity contribution in [1.29, 1.82) is 0 Å². The molecule has 0 atom stereocenters. The molecule has 5 heteroatoms. The van der Waals surface area contributed by atoms with E-state index in [1.54, 1.807) is 25.3 Å². The molecule has 0 spiro atoms. The number of hydrogen-bond acceptors (Lipinski definition) is 5. The average Bonchev–Trinajstić information content (AvgIpc) is 2.29. The van der Waals surface area contributed by atoms with Gasteiger partial charge in [0.25, 0.3) is 0 Å². The first-order valence-corrected chi connectivity index (χ1v) is 5.03. The normalized spacial score (nSPS) is 10.1. The van der Waals surface area contributed by atoms with Gasteiger partial charge in [0.2, 0.25) is 0 Å². The number of aliphatic hydroxyl groups excluding tert-OH is 1. The quantitative estimate of drug-likeness (QED) is 0.529. The van der Waals surface area contributed by atoms with E-state index in [1.165, 1.54) is 0 Å². The maximum Gasteiger partial charge on any atom is 0.142 e. The molecule has 3 N–H and O–H groups in total. The standard InChI is InChI=1S/C11H17NO4/c1-14-11-3-2-9(8-10(11)12)16-7-6-15-5-4-13/h2-3,8,13H,4-7,12H2,1H3. The fourth-order valence-electron chi connectivity index (χ4n) is 1.19. The Bertz CT molecular complexity index is 317. The summed E-state index contributed by atoms with van der Waals surface area (Å²) in [6.07, 6.45) is 0. The predicted molar refractivity (Wildman–Crippen MR) is 60.8 cm³/mol. The van der Waals surface area contributed by atoms with Crippen molar-refractivity contribution < 1.29 is 19.3 Å². The van der Waals surface area contributed by atoms with Crippen molar-refractivity contribution in [3.63, 3.8) is 0 Å². The highest BCUT2D eigenvalue weighted by Gasteiger charge is 2.01. The van der Waals surface area contributed by atoms with Crippen LogP contribution in [0.5, 0.6) is 11.5 Å². The smallest absolute Gasteiger partial charge is 0.142 e. The molecule has 1 aromatic rings. The maximum atomic E-state index is 8.48. The lowest BCUT2D eigenvalue weighted by Gasteiger charge is -2.09. The second kappa shape index (κ2) is 6.92. The molecule has 0 radical (unpaired) electrons. The van der Waals surface area contributed by atoms with Crippen LogP contribution in [0.25, 0.3) is 0 Å². The van der Waals surface area contributed by atoms with Crippen LogP contribution < -0.4 is 15.2 Å². The van der Waals surface area contributed by atoms with Gasteiger partial charge in [-0.3, -0.25) is 0 Å². The van der Waals surface area contributed by atoms with Crippen LogP contribution in [0.3, 0.4) is 0 Å². The van der Waals surface area contributed by atoms with Gasteiger partial charge in [-0.2, -0.15) is 0 Å². The minimum atomic E-state index is 0.0233. The molecule has 1 aromatic carbocycles. The summed E-state index contributed by atoms with van der Waals surface area (Å²) in [5.74, 6) is 1.30. The Morgan fingerprint density at radius 3 is 2.69 bits per heavy atom. The third kappa shape index (κ3) is 3.96. The third-order valence-corrected chi connectivity index (χ3v) is 1.93. The first kappa shape index (κ1) is 12.6. The number of rotatable bonds is 7. The summed E-state index contributed by atoms with van der Waals surface area (Å²) < 4.78 is 15.5. The van der Waals surface area contributed by atoms with Crippen molar-refractivity contribution in [1.82, 2.24) is 0 Å². The summed E-state index contributed by atoms with van der Waals surface area (Å²) in [5, 5.41) is 8.48. The predicted octanol–water partition coefficient (Wildman–Crippen LogP) is 0.665. The van der Waals surface area contributed by atoms with Gasteiger partial charge in [0.05, 0.1) is 32.6 Å². The van der Waals surface area contributed by atoms with Crippen LogP contribution in [0.1, 0.15) is 0 Å². The number of nitrogens with two attached hydrogens (primary N) is 1. The van der Waals surface area contributed by atoms with Crippen molar-refractivity contribution in [2.75, 3.05) is 39.3 Å². The first-order valence-electron chi connectivity index (χ1n) is 5.03. The Labute approximate surface area is 94.7 Å². The third-order valence-electron chi connectivity index (χ3n) is 1.93. The van der Waals surface area contributed by atoms with Crippen molar-refractivity contribution in [3.8, 4) is 11.5 Å². The molecule has 90 valence electrons. The summed E-state index contributed by atoms with van der Waals surface area (Å²) in [5.41, 5.74) is 6.25. The van der Waals surface area contributed by atoms with E-state index in [1.807, 2.05) is 0 Å². The van der Waals surface area contributed by atoms with Crippen LogP contribution in [-0.4, -0.2) is 38.6 Å². The highest BCUT2D eigenvalue weighted by atomic mass is 16.5. The van der Waals surface area contributed by atoms with Crippen molar-refractivity contribution in [2.45, 2.75) is 0 Å². The summed E-state index contributed by atoms with van der Waals surface area (Å²) in [6, 6.07) is 5.23. The first-order chi connectivity index (χ1) is 7.77. The number of methoxy groups -OCH3 is 1. The Hall–Kier alpha value is -1.46. The topological polar surface area (TPSA) is 73.9 Å². The van der Waals surface area contributed by atoms with Gasteiger partial charge in [0.15, 0.2) is 0 Å². The molecule has 0 amide bonds. The number of hydrogen-bond donors (Lipinski definition) is 2. The van der Waals surface area contributed by atoms with Crippen LogP contribution in [-0.2, 0) is 4.74 Å². The number of aliphatic hydroxyl groups is 1. The lowest BCUT2D eigenvalue weighted by molar-refractivity contribution is 0.0705. The van der Waals surface area contributed by atoms with Gasteiger partial charge in [0, 0.05) is 6.07 Å². The largest absolute Gasteiger partial charge is 0.495 e. The van der Waals surface area contributed by atoms with E-state index in [-0.39, 0.29) is 6.61 Å². The van der Waals surface area contributed by atoms with E-state index in [0.29, 0.717) is 37.0 Å².